The molecule has 1 fully saturated rings. The molecule has 1 saturated heterocycles. The molecule has 1 aliphatic heterocycles. The van der Waals surface area contributed by atoms with Crippen LogP contribution >= 0.6 is 0 Å². The number of carboxylic acids is 1. The zero-order valence-corrected chi connectivity index (χ0v) is 20.0. The Morgan fingerprint density at radius 2 is 1.77 bits per heavy atom. The van der Waals surface area contributed by atoms with Gasteiger partial charge < -0.3 is 25.8 Å². The first-order valence-electron chi connectivity index (χ1n) is 11.0. The minimum Gasteiger partial charge on any atom is -0.497 e. The van der Waals surface area contributed by atoms with Crippen molar-refractivity contribution in [2.75, 3.05) is 20.2 Å². The van der Waals surface area contributed by atoms with E-state index in [0.29, 0.717) is 12.2 Å². The summed E-state index contributed by atoms with van der Waals surface area (Å²) in [5.74, 6) is -1.41. The van der Waals surface area contributed by atoms with E-state index >= 15 is 0 Å². The molecule has 0 aliphatic carbocycles. The number of carbonyl (C=O) groups excluding carboxylic acids is 2. The van der Waals surface area contributed by atoms with Gasteiger partial charge in [-0.1, -0.05) is 30.3 Å². The molecule has 0 bridgehead atoms. The second kappa shape index (κ2) is 11.7. The normalized spacial score (nSPS) is 16.8. The monoisotopic (exact) mass is 504 g/mol. The molecule has 1 unspecified atom stereocenters. The van der Waals surface area contributed by atoms with E-state index in [2.05, 4.69) is 16.0 Å². The van der Waals surface area contributed by atoms with E-state index in [-0.39, 0.29) is 31.0 Å². The van der Waals surface area contributed by atoms with Crippen LogP contribution in [0.4, 0.5) is 4.79 Å². The molecule has 2 aromatic carbocycles. The Labute approximate surface area is 203 Å². The first-order chi connectivity index (χ1) is 16.7. The Hall–Kier alpha value is -3.64. The summed E-state index contributed by atoms with van der Waals surface area (Å²) in [5, 5.41) is 16.9. The van der Waals surface area contributed by atoms with Gasteiger partial charge in [-0.2, -0.15) is 4.31 Å². The number of sulfonamides is 1. The van der Waals surface area contributed by atoms with Gasteiger partial charge in [-0.25, -0.2) is 18.0 Å². The van der Waals surface area contributed by atoms with Crippen molar-refractivity contribution in [1.29, 1.82) is 0 Å². The Balaban J connectivity index is 1.55. The lowest BCUT2D eigenvalue weighted by molar-refractivity contribution is -0.142. The fraction of sp³-hybridized carbons (Fsp3) is 0.348. The third-order valence-electron chi connectivity index (χ3n) is 5.55. The van der Waals surface area contributed by atoms with Gasteiger partial charge >= 0.3 is 12.0 Å². The number of benzene rings is 2. The predicted molar refractivity (Wildman–Crippen MR) is 126 cm³/mol. The molecule has 3 amide bonds. The zero-order valence-electron chi connectivity index (χ0n) is 19.1. The number of urea groups is 1. The van der Waals surface area contributed by atoms with Crippen LogP contribution in [0.2, 0.25) is 0 Å². The molecular weight excluding hydrogens is 476 g/mol. The fourth-order valence-electron chi connectivity index (χ4n) is 3.67. The summed E-state index contributed by atoms with van der Waals surface area (Å²) in [6.07, 6.45) is 0.730. The number of nitrogens with zero attached hydrogens (tertiary/aromatic N) is 1. The van der Waals surface area contributed by atoms with E-state index in [1.807, 2.05) is 0 Å². The Bertz CT molecular complexity index is 1140. The van der Waals surface area contributed by atoms with Gasteiger partial charge in [0.1, 0.15) is 17.8 Å². The van der Waals surface area contributed by atoms with Gasteiger partial charge in [0.25, 0.3) is 0 Å². The first-order valence-corrected chi connectivity index (χ1v) is 12.4. The van der Waals surface area contributed by atoms with Gasteiger partial charge in [0.15, 0.2) is 0 Å². The van der Waals surface area contributed by atoms with Gasteiger partial charge in [-0.15, -0.1) is 0 Å². The fourth-order valence-corrected chi connectivity index (χ4v) is 5.35. The first kappa shape index (κ1) is 26.0. The Morgan fingerprint density at radius 3 is 2.40 bits per heavy atom. The number of aliphatic carboxylic acids is 1. The molecule has 188 valence electrons. The summed E-state index contributed by atoms with van der Waals surface area (Å²) in [6.45, 7) is -0.0267. The molecule has 2 atom stereocenters. The molecule has 11 nitrogen and oxygen atoms in total. The highest BCUT2D eigenvalue weighted by Gasteiger charge is 2.40. The summed E-state index contributed by atoms with van der Waals surface area (Å²) in [4.78, 5) is 36.7. The second-order valence-electron chi connectivity index (χ2n) is 7.90. The number of methoxy groups -OCH3 is 1. The maximum Gasteiger partial charge on any atom is 0.328 e. The standard InChI is InChI=1S/C23H28N4O7S/c1-34-17-11-9-16(10-12-17)14-24-23(31)25-15-19(22(29)30)26-21(28)20-8-5-13-27(20)35(32,33)18-6-3-2-4-7-18/h2-4,6-7,9-12,19-20H,5,8,13-15H2,1H3,(H,26,28)(H,29,30)(H2,24,25,31)/t19-,20?/m0/s1. The molecule has 2 aromatic rings. The number of carbonyl (C=O) groups is 3. The number of rotatable bonds is 10. The van der Waals surface area contributed by atoms with Gasteiger partial charge in [0.05, 0.1) is 18.6 Å². The lowest BCUT2D eigenvalue weighted by atomic mass is 10.2. The lowest BCUT2D eigenvalue weighted by Crippen LogP contribution is -2.54. The molecule has 35 heavy (non-hydrogen) atoms. The molecular formula is C23H28N4O7S. The molecule has 0 radical (unpaired) electrons. The maximum atomic E-state index is 13.0. The summed E-state index contributed by atoms with van der Waals surface area (Å²) in [7, 11) is -2.37. The van der Waals surface area contributed by atoms with Crippen LogP contribution in [0, 0.1) is 0 Å². The number of hydrogen-bond acceptors (Lipinski definition) is 6. The molecule has 1 aliphatic rings. The average Bonchev–Trinajstić information content (AvgIpc) is 3.37. The summed E-state index contributed by atoms with van der Waals surface area (Å²) < 4.78 is 32.1. The summed E-state index contributed by atoms with van der Waals surface area (Å²) in [6, 6.07) is 11.7. The molecule has 12 heteroatoms. The van der Waals surface area contributed by atoms with E-state index in [9.17, 15) is 27.9 Å². The van der Waals surface area contributed by atoms with E-state index in [0.717, 1.165) is 9.87 Å². The van der Waals surface area contributed by atoms with Gasteiger partial charge in [0.2, 0.25) is 15.9 Å². The third kappa shape index (κ3) is 6.70. The van der Waals surface area contributed by atoms with Crippen molar-refractivity contribution in [1.82, 2.24) is 20.3 Å². The number of hydrogen-bond donors (Lipinski definition) is 4. The molecule has 4 N–H and O–H groups in total. The highest BCUT2D eigenvalue weighted by molar-refractivity contribution is 7.89. The average molecular weight is 505 g/mol. The van der Waals surface area contributed by atoms with Crippen LogP contribution in [0.3, 0.4) is 0 Å². The smallest absolute Gasteiger partial charge is 0.328 e. The molecule has 3 rings (SSSR count). The maximum absolute atomic E-state index is 13.0. The number of nitrogens with one attached hydrogen (secondary N) is 3. The van der Waals surface area contributed by atoms with Crippen LogP contribution in [0.15, 0.2) is 59.5 Å². The van der Waals surface area contributed by atoms with Crippen molar-refractivity contribution in [2.45, 2.75) is 36.4 Å². The van der Waals surface area contributed by atoms with Gasteiger partial charge in [0, 0.05) is 13.1 Å². The molecule has 0 saturated carbocycles. The van der Waals surface area contributed by atoms with Crippen molar-refractivity contribution >= 4 is 27.9 Å². The van der Waals surface area contributed by atoms with Crippen molar-refractivity contribution in [3.63, 3.8) is 0 Å². The lowest BCUT2D eigenvalue weighted by Gasteiger charge is -2.25. The Kier molecular flexibility index (Phi) is 8.66. The van der Waals surface area contributed by atoms with E-state index in [1.54, 1.807) is 49.6 Å². The molecule has 0 aromatic heterocycles. The van der Waals surface area contributed by atoms with Gasteiger partial charge in [-0.05, 0) is 42.7 Å². The number of amides is 3. The Morgan fingerprint density at radius 1 is 1.09 bits per heavy atom. The quantitative estimate of drug-likeness (QED) is 0.375. The predicted octanol–water partition coefficient (Wildman–Crippen LogP) is 0.917. The summed E-state index contributed by atoms with van der Waals surface area (Å²) >= 11 is 0. The molecule has 1 heterocycles. The summed E-state index contributed by atoms with van der Waals surface area (Å²) in [5.41, 5.74) is 0.810. The highest BCUT2D eigenvalue weighted by Crippen LogP contribution is 2.26. The van der Waals surface area contributed by atoms with Crippen molar-refractivity contribution in [3.8, 4) is 5.75 Å². The number of carboxylic acid groups (broad SMARTS) is 1. The van der Waals surface area contributed by atoms with Crippen LogP contribution in [-0.2, 0) is 26.2 Å². The van der Waals surface area contributed by atoms with Crippen LogP contribution in [0.5, 0.6) is 5.75 Å². The second-order valence-corrected chi connectivity index (χ2v) is 9.79. The van der Waals surface area contributed by atoms with E-state index in [4.69, 9.17) is 4.74 Å². The molecule has 0 spiro atoms. The van der Waals surface area contributed by atoms with E-state index < -0.39 is 40.0 Å². The van der Waals surface area contributed by atoms with Crippen molar-refractivity contribution in [3.05, 3.63) is 60.2 Å². The topological polar surface area (TPSA) is 154 Å². The van der Waals surface area contributed by atoms with Crippen molar-refractivity contribution in [2.24, 2.45) is 0 Å². The van der Waals surface area contributed by atoms with Crippen molar-refractivity contribution < 1.29 is 32.6 Å². The van der Waals surface area contributed by atoms with Crippen LogP contribution in [0.1, 0.15) is 18.4 Å². The van der Waals surface area contributed by atoms with Crippen LogP contribution in [-0.4, -0.2) is 68.0 Å². The largest absolute Gasteiger partial charge is 0.497 e. The third-order valence-corrected chi connectivity index (χ3v) is 7.47. The number of ether oxygens (including phenoxy) is 1. The highest BCUT2D eigenvalue weighted by atomic mass is 32.2. The minimum atomic E-state index is -3.92. The van der Waals surface area contributed by atoms with Crippen LogP contribution < -0.4 is 20.7 Å². The minimum absolute atomic E-state index is 0.0599. The van der Waals surface area contributed by atoms with E-state index in [1.165, 1.54) is 12.1 Å². The SMILES string of the molecule is COc1ccc(CNC(=O)NC[C@H](NC(=O)C2CCCN2S(=O)(=O)c2ccccc2)C(=O)O)cc1. The zero-order chi connectivity index (χ0) is 25.4. The van der Waals surface area contributed by atoms with Gasteiger partial charge in [-0.3, -0.25) is 4.79 Å². The van der Waals surface area contributed by atoms with Crippen LogP contribution in [0.25, 0.3) is 0 Å².